The largest absolute Gasteiger partial charge is 0.0594 e. The third kappa shape index (κ3) is 1.11. The van der Waals surface area contributed by atoms with Gasteiger partial charge in [-0.2, -0.15) is 0 Å². The van der Waals surface area contributed by atoms with Crippen LogP contribution in [0.15, 0.2) is 0 Å². The fraction of sp³-hybridized carbons (Fsp3) is 1.00. The molecule has 0 heterocycles. The van der Waals surface area contributed by atoms with Gasteiger partial charge in [-0.1, -0.05) is 33.1 Å². The van der Waals surface area contributed by atoms with Gasteiger partial charge in [-0.15, -0.1) is 0 Å². The van der Waals surface area contributed by atoms with E-state index in [1.807, 2.05) is 0 Å². The van der Waals surface area contributed by atoms with Gasteiger partial charge >= 0.3 is 0 Å². The van der Waals surface area contributed by atoms with Crippen molar-refractivity contribution in [1.82, 2.24) is 0 Å². The van der Waals surface area contributed by atoms with Gasteiger partial charge in [0.25, 0.3) is 0 Å². The van der Waals surface area contributed by atoms with Crippen molar-refractivity contribution < 1.29 is 0 Å². The number of hydrogen-bond donors (Lipinski definition) is 0. The van der Waals surface area contributed by atoms with Crippen LogP contribution in [0.4, 0.5) is 0 Å². The summed E-state index contributed by atoms with van der Waals surface area (Å²) in [7, 11) is 0. The molecule has 3 saturated carbocycles. The highest BCUT2D eigenvalue weighted by Crippen LogP contribution is 2.56. The molecule has 0 nitrogen and oxygen atoms in total. The van der Waals surface area contributed by atoms with Gasteiger partial charge in [0.05, 0.1) is 0 Å². The summed E-state index contributed by atoms with van der Waals surface area (Å²) in [5.41, 5.74) is 0.709. The van der Waals surface area contributed by atoms with Crippen molar-refractivity contribution in [2.45, 2.75) is 52.4 Å². The van der Waals surface area contributed by atoms with E-state index < -0.39 is 0 Å². The van der Waals surface area contributed by atoms with E-state index in [1.165, 1.54) is 32.1 Å². The molecule has 0 amide bonds. The van der Waals surface area contributed by atoms with Gasteiger partial charge in [0.2, 0.25) is 0 Å². The first kappa shape index (κ1) is 7.64. The summed E-state index contributed by atoms with van der Waals surface area (Å²) in [4.78, 5) is 0. The van der Waals surface area contributed by atoms with E-state index >= 15 is 0 Å². The Morgan fingerprint density at radius 2 is 1.45 bits per heavy atom. The number of rotatable bonds is 0. The Kier molecular flexibility index (Phi) is 1.74. The molecule has 2 atom stereocenters. The minimum absolute atomic E-state index is 0.709. The summed E-state index contributed by atoms with van der Waals surface area (Å²) in [5, 5.41) is 0. The summed E-state index contributed by atoms with van der Waals surface area (Å²) < 4.78 is 0. The normalized spacial score (nSPS) is 42.0. The second-order valence-corrected chi connectivity index (χ2v) is 5.09. The van der Waals surface area contributed by atoms with Crippen LogP contribution in [-0.2, 0) is 0 Å². The molecule has 2 bridgehead atoms. The standard InChI is InChI=1S/C11H20/c1-11(2)9-6-4-3-5-7-10(11)8-9/h9-10H,3-8H2,1-2H3. The van der Waals surface area contributed by atoms with E-state index in [0.717, 1.165) is 11.8 Å². The first-order valence-electron chi connectivity index (χ1n) is 5.21. The van der Waals surface area contributed by atoms with Crippen LogP contribution >= 0.6 is 0 Å². The molecule has 0 radical (unpaired) electrons. The molecule has 0 aromatic carbocycles. The van der Waals surface area contributed by atoms with Crippen LogP contribution < -0.4 is 0 Å². The molecule has 0 spiro atoms. The predicted molar refractivity (Wildman–Crippen MR) is 48.5 cm³/mol. The van der Waals surface area contributed by atoms with Crippen molar-refractivity contribution in [3.05, 3.63) is 0 Å². The van der Waals surface area contributed by atoms with Gasteiger partial charge < -0.3 is 0 Å². The molecule has 2 unspecified atom stereocenters. The highest BCUT2D eigenvalue weighted by atomic mass is 14.5. The first-order chi connectivity index (χ1) is 5.21. The SMILES string of the molecule is CC1(C)C2CCCCCC1C2. The Morgan fingerprint density at radius 1 is 0.909 bits per heavy atom. The fourth-order valence-electron chi connectivity index (χ4n) is 3.06. The van der Waals surface area contributed by atoms with Crippen LogP contribution in [-0.4, -0.2) is 0 Å². The maximum atomic E-state index is 2.48. The van der Waals surface area contributed by atoms with Gasteiger partial charge in [-0.05, 0) is 36.5 Å². The van der Waals surface area contributed by atoms with Gasteiger partial charge in [0.1, 0.15) is 0 Å². The maximum Gasteiger partial charge on any atom is -0.0297 e. The van der Waals surface area contributed by atoms with Crippen molar-refractivity contribution in [1.29, 1.82) is 0 Å². The smallest absolute Gasteiger partial charge is 0.0297 e. The Labute approximate surface area is 70.4 Å². The second kappa shape index (κ2) is 2.50. The second-order valence-electron chi connectivity index (χ2n) is 5.09. The van der Waals surface area contributed by atoms with Crippen LogP contribution in [0.1, 0.15) is 52.4 Å². The zero-order chi connectivity index (χ0) is 7.90. The first-order valence-corrected chi connectivity index (χ1v) is 5.21. The van der Waals surface area contributed by atoms with Crippen LogP contribution in [0.5, 0.6) is 0 Å². The summed E-state index contributed by atoms with van der Waals surface area (Å²) in [6, 6.07) is 0. The van der Waals surface area contributed by atoms with Gasteiger partial charge in [-0.25, -0.2) is 0 Å². The van der Waals surface area contributed by atoms with Crippen molar-refractivity contribution >= 4 is 0 Å². The summed E-state index contributed by atoms with van der Waals surface area (Å²) in [6.07, 6.45) is 9.09. The zero-order valence-corrected chi connectivity index (χ0v) is 7.90. The minimum Gasteiger partial charge on any atom is -0.0594 e. The zero-order valence-electron chi connectivity index (χ0n) is 7.90. The topological polar surface area (TPSA) is 0 Å². The lowest BCUT2D eigenvalue weighted by molar-refractivity contribution is -0.0408. The Bertz CT molecular complexity index is 128. The number of fused-ring (bicyclic) bond motifs is 4. The number of hydrogen-bond acceptors (Lipinski definition) is 0. The van der Waals surface area contributed by atoms with E-state index in [2.05, 4.69) is 13.8 Å². The third-order valence-corrected chi connectivity index (χ3v) is 4.28. The average molecular weight is 152 g/mol. The lowest BCUT2D eigenvalue weighted by atomic mass is 9.51. The average Bonchev–Trinajstić information content (AvgIpc) is 1.83. The Morgan fingerprint density at radius 3 is 1.91 bits per heavy atom. The molecule has 64 valence electrons. The lowest BCUT2D eigenvalue weighted by Gasteiger charge is -2.54. The molecule has 0 saturated heterocycles. The molecule has 0 aliphatic heterocycles. The molecule has 3 rings (SSSR count). The Balaban J connectivity index is 2.03. The fourth-order valence-corrected chi connectivity index (χ4v) is 3.06. The molecule has 0 N–H and O–H groups in total. The molecule has 3 aliphatic rings. The molecule has 3 fully saturated rings. The van der Waals surface area contributed by atoms with Gasteiger partial charge in [-0.3, -0.25) is 0 Å². The maximum absolute atomic E-state index is 2.48. The molecule has 0 heteroatoms. The van der Waals surface area contributed by atoms with E-state index in [1.54, 1.807) is 6.42 Å². The quantitative estimate of drug-likeness (QED) is 0.497. The summed E-state index contributed by atoms with van der Waals surface area (Å²) in [6.45, 7) is 4.97. The third-order valence-electron chi connectivity index (χ3n) is 4.28. The van der Waals surface area contributed by atoms with Crippen molar-refractivity contribution in [3.8, 4) is 0 Å². The van der Waals surface area contributed by atoms with Crippen LogP contribution in [0, 0.1) is 17.3 Å². The predicted octanol–water partition coefficient (Wildman–Crippen LogP) is 3.61. The minimum atomic E-state index is 0.709. The highest BCUT2D eigenvalue weighted by Gasteiger charge is 2.47. The molecule has 0 aromatic rings. The summed E-state index contributed by atoms with van der Waals surface area (Å²) in [5.74, 6) is 2.15. The van der Waals surface area contributed by atoms with Crippen molar-refractivity contribution in [2.75, 3.05) is 0 Å². The van der Waals surface area contributed by atoms with Crippen LogP contribution in [0.2, 0.25) is 0 Å². The van der Waals surface area contributed by atoms with Crippen LogP contribution in [0.3, 0.4) is 0 Å². The van der Waals surface area contributed by atoms with Crippen molar-refractivity contribution in [3.63, 3.8) is 0 Å². The van der Waals surface area contributed by atoms with Gasteiger partial charge in [0.15, 0.2) is 0 Å². The molecule has 0 aromatic heterocycles. The molecule has 11 heavy (non-hydrogen) atoms. The molecule has 3 aliphatic carbocycles. The monoisotopic (exact) mass is 152 g/mol. The molecular formula is C11H20. The van der Waals surface area contributed by atoms with Crippen LogP contribution in [0.25, 0.3) is 0 Å². The van der Waals surface area contributed by atoms with E-state index in [4.69, 9.17) is 0 Å². The van der Waals surface area contributed by atoms with Gasteiger partial charge in [0, 0.05) is 0 Å². The summed E-state index contributed by atoms with van der Waals surface area (Å²) >= 11 is 0. The van der Waals surface area contributed by atoms with Crippen molar-refractivity contribution in [2.24, 2.45) is 17.3 Å². The highest BCUT2D eigenvalue weighted by molar-refractivity contribution is 4.96. The van der Waals surface area contributed by atoms with E-state index in [-0.39, 0.29) is 0 Å². The van der Waals surface area contributed by atoms with E-state index in [0.29, 0.717) is 5.41 Å². The Hall–Kier alpha value is 0. The lowest BCUT2D eigenvalue weighted by Crippen LogP contribution is -2.45. The van der Waals surface area contributed by atoms with E-state index in [9.17, 15) is 0 Å². The molecular weight excluding hydrogens is 132 g/mol.